The van der Waals surface area contributed by atoms with E-state index < -0.39 is 0 Å². The second-order valence-corrected chi connectivity index (χ2v) is 2.29. The number of nitrogens with two attached hydrogens (primary N) is 2. The summed E-state index contributed by atoms with van der Waals surface area (Å²) < 4.78 is 1.19. The molecule has 0 bridgehead atoms. The summed E-state index contributed by atoms with van der Waals surface area (Å²) in [6.45, 7) is 0. The topological polar surface area (TPSA) is 125 Å². The Balaban J connectivity index is 2.96. The van der Waals surface area contributed by atoms with E-state index in [0.717, 1.165) is 0 Å². The fourth-order valence-electron chi connectivity index (χ4n) is 0.996. The van der Waals surface area contributed by atoms with Gasteiger partial charge in [0, 0.05) is 0 Å². The van der Waals surface area contributed by atoms with Crippen LogP contribution in [0.25, 0.3) is 5.65 Å². The van der Waals surface area contributed by atoms with Gasteiger partial charge in [-0.2, -0.15) is 14.6 Å². The summed E-state index contributed by atoms with van der Waals surface area (Å²) in [6, 6.07) is 0. The predicted octanol–water partition coefficient (Wildman–Crippen LogP) is -0.313. The lowest BCUT2D eigenvalue weighted by Crippen LogP contribution is -2.04. The highest BCUT2D eigenvalue weighted by atomic mass is 16.3. The Kier molecular flexibility index (Phi) is 1.35. The maximum atomic E-state index is 10.4. The SMILES string of the molecule is Nc1nc(N)n2ncnc2c1N=O. The quantitative estimate of drug-likeness (QED) is 0.578. The fourth-order valence-corrected chi connectivity index (χ4v) is 0.996. The molecule has 0 atom stereocenters. The number of hydrogen-bond acceptors (Lipinski definition) is 7. The summed E-state index contributed by atoms with van der Waals surface area (Å²) in [5.74, 6) is 0.0189. The molecule has 0 aromatic carbocycles. The van der Waals surface area contributed by atoms with Crippen LogP contribution in [-0.4, -0.2) is 19.6 Å². The first kappa shape index (κ1) is 7.40. The molecule has 13 heavy (non-hydrogen) atoms. The van der Waals surface area contributed by atoms with Gasteiger partial charge in [-0.05, 0) is 5.18 Å². The second-order valence-electron chi connectivity index (χ2n) is 2.29. The molecule has 2 rings (SSSR count). The summed E-state index contributed by atoms with van der Waals surface area (Å²) in [5, 5.41) is 6.43. The van der Waals surface area contributed by atoms with Crippen LogP contribution in [0.2, 0.25) is 0 Å². The van der Waals surface area contributed by atoms with Crippen molar-refractivity contribution in [2.75, 3.05) is 11.5 Å². The highest BCUT2D eigenvalue weighted by molar-refractivity contribution is 5.75. The third-order valence-corrected chi connectivity index (χ3v) is 1.55. The minimum absolute atomic E-state index is 0.0481. The molecule has 0 saturated carbocycles. The van der Waals surface area contributed by atoms with Gasteiger partial charge in [0.1, 0.15) is 6.33 Å². The van der Waals surface area contributed by atoms with Gasteiger partial charge in [-0.1, -0.05) is 0 Å². The van der Waals surface area contributed by atoms with Crippen LogP contribution in [0, 0.1) is 4.91 Å². The van der Waals surface area contributed by atoms with Crippen LogP contribution in [0.1, 0.15) is 0 Å². The van der Waals surface area contributed by atoms with E-state index in [1.165, 1.54) is 10.8 Å². The molecule has 0 saturated heterocycles. The maximum absolute atomic E-state index is 10.4. The number of nitrogens with zero attached hydrogens (tertiary/aromatic N) is 5. The molecule has 2 aromatic rings. The van der Waals surface area contributed by atoms with Crippen molar-refractivity contribution in [3.8, 4) is 0 Å². The summed E-state index contributed by atoms with van der Waals surface area (Å²) >= 11 is 0. The number of hydrogen-bond donors (Lipinski definition) is 2. The summed E-state index contributed by atoms with van der Waals surface area (Å²) in [6.07, 6.45) is 1.24. The lowest BCUT2D eigenvalue weighted by atomic mass is 10.4. The van der Waals surface area contributed by atoms with E-state index >= 15 is 0 Å². The lowest BCUT2D eigenvalue weighted by molar-refractivity contribution is 0.941. The van der Waals surface area contributed by atoms with E-state index in [0.29, 0.717) is 0 Å². The molecule has 66 valence electrons. The van der Waals surface area contributed by atoms with Gasteiger partial charge in [0.25, 0.3) is 0 Å². The molecular weight excluding hydrogens is 174 g/mol. The van der Waals surface area contributed by atoms with Crippen LogP contribution in [-0.2, 0) is 0 Å². The molecule has 0 aliphatic carbocycles. The van der Waals surface area contributed by atoms with Crippen molar-refractivity contribution in [2.45, 2.75) is 0 Å². The van der Waals surface area contributed by atoms with Crippen molar-refractivity contribution < 1.29 is 0 Å². The van der Waals surface area contributed by atoms with E-state index in [-0.39, 0.29) is 23.1 Å². The molecule has 4 N–H and O–H groups in total. The van der Waals surface area contributed by atoms with Gasteiger partial charge in [-0.15, -0.1) is 4.91 Å². The molecule has 0 radical (unpaired) electrons. The van der Waals surface area contributed by atoms with E-state index in [1.807, 2.05) is 0 Å². The molecule has 0 amide bonds. The smallest absolute Gasteiger partial charge is 0.225 e. The predicted molar refractivity (Wildman–Crippen MR) is 45.1 cm³/mol. The molecule has 2 aromatic heterocycles. The maximum Gasteiger partial charge on any atom is 0.225 e. The van der Waals surface area contributed by atoms with E-state index in [4.69, 9.17) is 11.5 Å². The largest absolute Gasteiger partial charge is 0.382 e. The van der Waals surface area contributed by atoms with Gasteiger partial charge in [0.05, 0.1) is 0 Å². The summed E-state index contributed by atoms with van der Waals surface area (Å²) in [4.78, 5) is 17.8. The lowest BCUT2D eigenvalue weighted by Gasteiger charge is -2.00. The number of anilines is 2. The minimum atomic E-state index is -0.0494. The van der Waals surface area contributed by atoms with Crippen LogP contribution < -0.4 is 11.5 Å². The molecule has 0 spiro atoms. The molecule has 8 nitrogen and oxygen atoms in total. The van der Waals surface area contributed by atoms with Crippen molar-refractivity contribution in [1.82, 2.24) is 19.6 Å². The van der Waals surface area contributed by atoms with Crippen molar-refractivity contribution in [2.24, 2.45) is 5.18 Å². The second kappa shape index (κ2) is 2.37. The van der Waals surface area contributed by atoms with Gasteiger partial charge in [-0.25, -0.2) is 4.98 Å². The Morgan fingerprint density at radius 2 is 2.23 bits per heavy atom. The number of nitrogen functional groups attached to an aromatic ring is 2. The van der Waals surface area contributed by atoms with Crippen LogP contribution in [0.5, 0.6) is 0 Å². The van der Waals surface area contributed by atoms with Gasteiger partial charge in [0.2, 0.25) is 5.95 Å². The summed E-state index contributed by atoms with van der Waals surface area (Å²) in [5.41, 5.74) is 11.0. The molecule has 8 heteroatoms. The first-order chi connectivity index (χ1) is 6.24. The van der Waals surface area contributed by atoms with E-state index in [9.17, 15) is 4.91 Å². The van der Waals surface area contributed by atoms with Crippen molar-refractivity contribution in [3.05, 3.63) is 11.2 Å². The van der Waals surface area contributed by atoms with Gasteiger partial charge in [0.15, 0.2) is 17.2 Å². The van der Waals surface area contributed by atoms with Crippen LogP contribution in [0.15, 0.2) is 11.5 Å². The third-order valence-electron chi connectivity index (χ3n) is 1.55. The third kappa shape index (κ3) is 0.883. The Bertz CT molecular complexity index is 475. The highest BCUT2D eigenvalue weighted by Crippen LogP contribution is 2.25. The Morgan fingerprint density at radius 1 is 1.46 bits per heavy atom. The monoisotopic (exact) mass is 179 g/mol. The number of aromatic nitrogens is 4. The van der Waals surface area contributed by atoms with Crippen LogP contribution in [0.4, 0.5) is 17.5 Å². The van der Waals surface area contributed by atoms with Crippen LogP contribution >= 0.6 is 0 Å². The molecule has 0 fully saturated rings. The van der Waals surface area contributed by atoms with Crippen molar-refractivity contribution >= 4 is 23.1 Å². The zero-order chi connectivity index (χ0) is 9.42. The normalized spacial score (nSPS) is 10.5. The van der Waals surface area contributed by atoms with Gasteiger partial charge < -0.3 is 11.5 Å². The molecule has 0 aliphatic rings. The zero-order valence-corrected chi connectivity index (χ0v) is 6.38. The molecular formula is C5H5N7O. The first-order valence-electron chi connectivity index (χ1n) is 3.32. The first-order valence-corrected chi connectivity index (χ1v) is 3.32. The highest BCUT2D eigenvalue weighted by Gasteiger charge is 2.12. The minimum Gasteiger partial charge on any atom is -0.382 e. The van der Waals surface area contributed by atoms with E-state index in [2.05, 4.69) is 20.2 Å². The van der Waals surface area contributed by atoms with Crippen LogP contribution in [0.3, 0.4) is 0 Å². The van der Waals surface area contributed by atoms with E-state index in [1.54, 1.807) is 0 Å². The zero-order valence-electron chi connectivity index (χ0n) is 6.38. The van der Waals surface area contributed by atoms with Gasteiger partial charge in [-0.3, -0.25) is 0 Å². The number of nitroso groups, excluding NO2 is 1. The average Bonchev–Trinajstić information content (AvgIpc) is 2.53. The van der Waals surface area contributed by atoms with Crippen molar-refractivity contribution in [1.29, 1.82) is 0 Å². The molecule has 0 unspecified atom stereocenters. The van der Waals surface area contributed by atoms with Gasteiger partial charge >= 0.3 is 0 Å². The van der Waals surface area contributed by atoms with Crippen molar-refractivity contribution in [3.63, 3.8) is 0 Å². The average molecular weight is 179 g/mol. The Morgan fingerprint density at radius 3 is 2.92 bits per heavy atom. The number of fused-ring (bicyclic) bond motifs is 1. The Labute approximate surface area is 71.6 Å². The fraction of sp³-hybridized carbons (Fsp3) is 0. The molecule has 2 heterocycles. The summed E-state index contributed by atoms with van der Waals surface area (Å²) in [7, 11) is 0. The molecule has 0 aliphatic heterocycles. The number of rotatable bonds is 1. The Hall–Kier alpha value is -2.25. The standard InChI is InChI=1S/C5H5N7O/c6-3-2(11-13)4-8-1-9-12(4)5(7)10-3/h1H,6H2,(H2,7,10).